The smallest absolute Gasteiger partial charge is 0.0701 e. The largest absolute Gasteiger partial charge is 0.382 e. The maximum atomic E-state index is 5.44. The van der Waals surface area contributed by atoms with E-state index in [0.717, 1.165) is 26.2 Å². The van der Waals surface area contributed by atoms with E-state index < -0.39 is 0 Å². The van der Waals surface area contributed by atoms with Gasteiger partial charge in [-0.1, -0.05) is 13.8 Å². The van der Waals surface area contributed by atoms with Crippen molar-refractivity contribution in [1.29, 1.82) is 0 Å². The second-order valence-corrected chi connectivity index (χ2v) is 4.89. The summed E-state index contributed by atoms with van der Waals surface area (Å²) < 4.78 is 12.5. The van der Waals surface area contributed by atoms with E-state index in [4.69, 9.17) is 9.47 Å². The molecule has 4 heteroatoms. The Kier molecular flexibility index (Phi) is 7.73. The highest BCUT2D eigenvalue weighted by Crippen LogP contribution is 2.01. The summed E-state index contributed by atoms with van der Waals surface area (Å²) in [5.74, 6) is 0.696. The fourth-order valence-electron chi connectivity index (χ4n) is 1.65. The van der Waals surface area contributed by atoms with Crippen molar-refractivity contribution in [2.75, 3.05) is 33.5 Å². The third-order valence-electron chi connectivity index (χ3n) is 2.62. The molecular formula is C14H26N2O2. The lowest BCUT2D eigenvalue weighted by Crippen LogP contribution is -2.18. The van der Waals surface area contributed by atoms with Crippen LogP contribution in [0.4, 0.5) is 0 Å². The average molecular weight is 254 g/mol. The molecule has 4 nitrogen and oxygen atoms in total. The summed E-state index contributed by atoms with van der Waals surface area (Å²) in [6.45, 7) is 9.40. The van der Waals surface area contributed by atoms with E-state index in [2.05, 4.69) is 42.2 Å². The minimum absolute atomic E-state index is 0.663. The minimum Gasteiger partial charge on any atom is -0.382 e. The third kappa shape index (κ3) is 6.79. The van der Waals surface area contributed by atoms with E-state index >= 15 is 0 Å². The second-order valence-electron chi connectivity index (χ2n) is 4.89. The fraction of sp³-hybridized carbons (Fsp3) is 0.714. The predicted octanol–water partition coefficient (Wildman–Crippen LogP) is 1.90. The van der Waals surface area contributed by atoms with Gasteiger partial charge < -0.3 is 19.4 Å². The lowest BCUT2D eigenvalue weighted by atomic mass is 10.2. The highest BCUT2D eigenvalue weighted by atomic mass is 16.5. The van der Waals surface area contributed by atoms with E-state index in [0.29, 0.717) is 19.1 Å². The number of nitrogens with one attached hydrogen (secondary N) is 1. The van der Waals surface area contributed by atoms with Gasteiger partial charge in [0.1, 0.15) is 0 Å². The molecule has 18 heavy (non-hydrogen) atoms. The first-order chi connectivity index (χ1) is 8.72. The van der Waals surface area contributed by atoms with Gasteiger partial charge in [0.2, 0.25) is 0 Å². The van der Waals surface area contributed by atoms with Crippen LogP contribution in [0.15, 0.2) is 18.5 Å². The van der Waals surface area contributed by atoms with E-state index in [-0.39, 0.29) is 0 Å². The third-order valence-corrected chi connectivity index (χ3v) is 2.62. The van der Waals surface area contributed by atoms with Crippen molar-refractivity contribution < 1.29 is 9.47 Å². The molecule has 0 amide bonds. The summed E-state index contributed by atoms with van der Waals surface area (Å²) in [5, 5.41) is 3.44. The Bertz CT molecular complexity index is 310. The van der Waals surface area contributed by atoms with E-state index in [1.807, 2.05) is 0 Å². The molecule has 0 saturated heterocycles. The second kappa shape index (κ2) is 9.14. The first-order valence-corrected chi connectivity index (χ1v) is 6.64. The molecule has 0 atom stereocenters. The molecule has 1 N–H and O–H groups in total. The zero-order valence-electron chi connectivity index (χ0n) is 11.8. The molecule has 1 heterocycles. The number of hydrogen-bond donors (Lipinski definition) is 1. The zero-order valence-corrected chi connectivity index (χ0v) is 11.8. The highest BCUT2D eigenvalue weighted by Gasteiger charge is 1.98. The average Bonchev–Trinajstić information content (AvgIpc) is 2.76. The summed E-state index contributed by atoms with van der Waals surface area (Å²) in [6, 6.07) is 2.16. The minimum atomic E-state index is 0.663. The molecule has 0 aliphatic rings. The van der Waals surface area contributed by atoms with Gasteiger partial charge in [0.15, 0.2) is 0 Å². The van der Waals surface area contributed by atoms with Gasteiger partial charge in [-0.2, -0.15) is 0 Å². The maximum Gasteiger partial charge on any atom is 0.0701 e. The molecule has 0 aliphatic carbocycles. The number of aromatic nitrogens is 1. The lowest BCUT2D eigenvalue weighted by molar-refractivity contribution is 0.0666. The molecule has 0 aliphatic heterocycles. The molecule has 1 aromatic heterocycles. The van der Waals surface area contributed by atoms with E-state index in [1.54, 1.807) is 7.11 Å². The fourth-order valence-corrected chi connectivity index (χ4v) is 1.65. The monoisotopic (exact) mass is 254 g/mol. The van der Waals surface area contributed by atoms with Gasteiger partial charge >= 0.3 is 0 Å². The Hall–Kier alpha value is -0.840. The first kappa shape index (κ1) is 15.2. The summed E-state index contributed by atoms with van der Waals surface area (Å²) in [5.41, 5.74) is 1.33. The van der Waals surface area contributed by atoms with Gasteiger partial charge in [-0.3, -0.25) is 0 Å². The van der Waals surface area contributed by atoms with Crippen LogP contribution in [-0.4, -0.2) is 38.0 Å². The Morgan fingerprint density at radius 3 is 2.83 bits per heavy atom. The van der Waals surface area contributed by atoms with Crippen LogP contribution in [0.3, 0.4) is 0 Å². The van der Waals surface area contributed by atoms with Crippen molar-refractivity contribution in [1.82, 2.24) is 9.88 Å². The van der Waals surface area contributed by atoms with Crippen LogP contribution < -0.4 is 5.32 Å². The van der Waals surface area contributed by atoms with Gasteiger partial charge in [0.05, 0.1) is 19.8 Å². The summed E-state index contributed by atoms with van der Waals surface area (Å²) in [6.07, 6.45) is 4.28. The lowest BCUT2D eigenvalue weighted by Gasteiger charge is -2.06. The van der Waals surface area contributed by atoms with Crippen LogP contribution in [0.25, 0.3) is 0 Å². The maximum absolute atomic E-state index is 5.44. The molecule has 0 spiro atoms. The number of rotatable bonds is 10. The molecule has 1 rings (SSSR count). The Morgan fingerprint density at radius 1 is 1.28 bits per heavy atom. The van der Waals surface area contributed by atoms with Crippen molar-refractivity contribution >= 4 is 0 Å². The van der Waals surface area contributed by atoms with Crippen LogP contribution >= 0.6 is 0 Å². The van der Waals surface area contributed by atoms with Gasteiger partial charge in [0, 0.05) is 32.6 Å². The highest BCUT2D eigenvalue weighted by molar-refractivity contribution is 5.09. The van der Waals surface area contributed by atoms with Gasteiger partial charge in [-0.05, 0) is 24.1 Å². The topological polar surface area (TPSA) is 35.4 Å². The molecule has 104 valence electrons. The Morgan fingerprint density at radius 2 is 2.11 bits per heavy atom. The van der Waals surface area contributed by atoms with Gasteiger partial charge in [-0.15, -0.1) is 0 Å². The molecule has 1 aromatic rings. The van der Waals surface area contributed by atoms with Crippen molar-refractivity contribution in [2.45, 2.75) is 26.9 Å². The summed E-state index contributed by atoms with van der Waals surface area (Å²) in [7, 11) is 1.69. The normalized spacial score (nSPS) is 11.3. The quantitative estimate of drug-likeness (QED) is 0.648. The van der Waals surface area contributed by atoms with Crippen LogP contribution in [0.1, 0.15) is 19.4 Å². The number of hydrogen-bond acceptors (Lipinski definition) is 3. The number of nitrogens with zero attached hydrogens (tertiary/aromatic N) is 1. The predicted molar refractivity (Wildman–Crippen MR) is 73.7 cm³/mol. The Balaban J connectivity index is 2.13. The Labute approximate surface area is 110 Å². The van der Waals surface area contributed by atoms with Crippen molar-refractivity contribution in [2.24, 2.45) is 5.92 Å². The molecule has 0 radical (unpaired) electrons. The number of methoxy groups -OCH3 is 1. The van der Waals surface area contributed by atoms with Crippen molar-refractivity contribution in [3.8, 4) is 0 Å². The van der Waals surface area contributed by atoms with Crippen LogP contribution in [-0.2, 0) is 22.6 Å². The van der Waals surface area contributed by atoms with Gasteiger partial charge in [0.25, 0.3) is 0 Å². The van der Waals surface area contributed by atoms with Crippen LogP contribution in [0.5, 0.6) is 0 Å². The van der Waals surface area contributed by atoms with E-state index in [9.17, 15) is 0 Å². The first-order valence-electron chi connectivity index (χ1n) is 6.64. The molecule has 0 bridgehead atoms. The van der Waals surface area contributed by atoms with Gasteiger partial charge in [-0.25, -0.2) is 0 Å². The molecule has 0 fully saturated rings. The molecule has 0 aromatic carbocycles. The SMILES string of the molecule is COCCOCCn1ccc(CNCC(C)C)c1. The van der Waals surface area contributed by atoms with Crippen molar-refractivity contribution in [3.63, 3.8) is 0 Å². The number of ether oxygens (including phenoxy) is 2. The van der Waals surface area contributed by atoms with Crippen molar-refractivity contribution in [3.05, 3.63) is 24.0 Å². The molecular weight excluding hydrogens is 228 g/mol. The van der Waals surface area contributed by atoms with E-state index in [1.165, 1.54) is 5.56 Å². The molecule has 0 unspecified atom stereocenters. The van der Waals surface area contributed by atoms with Crippen LogP contribution in [0, 0.1) is 5.92 Å². The standard InChI is InChI=1S/C14H26N2O2/c1-13(2)10-15-11-14-4-5-16(12-14)6-7-18-9-8-17-3/h4-5,12-13,15H,6-11H2,1-3H3. The zero-order chi connectivity index (χ0) is 13.2. The summed E-state index contributed by atoms with van der Waals surface area (Å²) in [4.78, 5) is 0. The molecule has 0 saturated carbocycles. The van der Waals surface area contributed by atoms with Crippen LogP contribution in [0.2, 0.25) is 0 Å². The summed E-state index contributed by atoms with van der Waals surface area (Å²) >= 11 is 0.